The van der Waals surface area contributed by atoms with E-state index in [1.165, 1.54) is 0 Å². The average Bonchev–Trinajstić information content (AvgIpc) is 3.59. The minimum absolute atomic E-state index is 0.0787. The largest absolute Gasteiger partial charge is 0.378 e. The number of morpholine rings is 1. The van der Waals surface area contributed by atoms with Crippen LogP contribution in [0.25, 0.3) is 33.3 Å². The Balaban J connectivity index is 1.31. The summed E-state index contributed by atoms with van der Waals surface area (Å²) >= 11 is 0. The molecule has 0 bridgehead atoms. The predicted molar refractivity (Wildman–Crippen MR) is 148 cm³/mol. The molecule has 10 nitrogen and oxygen atoms in total. The number of anilines is 1. The number of fused-ring (bicyclic) bond motifs is 2. The van der Waals surface area contributed by atoms with E-state index in [0.717, 1.165) is 65.8 Å². The van der Waals surface area contributed by atoms with Crippen molar-refractivity contribution >= 4 is 33.7 Å². The van der Waals surface area contributed by atoms with E-state index < -0.39 is 0 Å². The molecule has 1 N–H and O–H groups in total. The van der Waals surface area contributed by atoms with Crippen LogP contribution >= 0.6 is 0 Å². The van der Waals surface area contributed by atoms with Gasteiger partial charge in [-0.25, -0.2) is 14.6 Å². The number of aromatic amines is 1. The maximum Gasteiger partial charge on any atom is 0.246 e. The molecular formula is C28H34N8O2. The lowest BCUT2D eigenvalue weighted by atomic mass is 10.1. The lowest BCUT2D eigenvalue weighted by Crippen LogP contribution is -2.38. The summed E-state index contributed by atoms with van der Waals surface area (Å²) in [5.74, 6) is 1.69. The quantitative estimate of drug-likeness (QED) is 0.395. The molecule has 0 radical (unpaired) electrons. The minimum Gasteiger partial charge on any atom is -0.378 e. The van der Waals surface area contributed by atoms with Crippen LogP contribution in [0.1, 0.15) is 18.9 Å². The molecule has 5 heterocycles. The van der Waals surface area contributed by atoms with Gasteiger partial charge in [-0.3, -0.25) is 4.79 Å². The topological polar surface area (TPSA) is 95.4 Å². The molecule has 2 aliphatic rings. The summed E-state index contributed by atoms with van der Waals surface area (Å²) in [5.41, 5.74) is 2.92. The third kappa shape index (κ3) is 4.89. The van der Waals surface area contributed by atoms with Gasteiger partial charge in [0, 0.05) is 61.5 Å². The van der Waals surface area contributed by atoms with E-state index in [0.29, 0.717) is 32.1 Å². The Hall–Kier alpha value is -3.76. The van der Waals surface area contributed by atoms with Gasteiger partial charge < -0.3 is 24.4 Å². The summed E-state index contributed by atoms with van der Waals surface area (Å²) in [5, 5.41) is 6.91. The average molecular weight is 515 g/mol. The van der Waals surface area contributed by atoms with Gasteiger partial charge in [0.25, 0.3) is 0 Å². The summed E-state index contributed by atoms with van der Waals surface area (Å²) in [6.45, 7) is 5.10. The maximum absolute atomic E-state index is 12.6. The van der Waals surface area contributed by atoms with Gasteiger partial charge in [-0.2, -0.15) is 5.10 Å². The Morgan fingerprint density at radius 1 is 1.13 bits per heavy atom. The van der Waals surface area contributed by atoms with Gasteiger partial charge >= 0.3 is 0 Å². The number of piperidine rings is 1. The van der Waals surface area contributed by atoms with Crippen LogP contribution in [0.2, 0.25) is 0 Å². The van der Waals surface area contributed by atoms with Crippen molar-refractivity contribution in [1.82, 2.24) is 34.5 Å². The number of hydrogen-bond donors (Lipinski definition) is 1. The van der Waals surface area contributed by atoms with Gasteiger partial charge in [0.05, 0.1) is 30.8 Å². The van der Waals surface area contributed by atoms with Gasteiger partial charge in [0.1, 0.15) is 5.82 Å². The van der Waals surface area contributed by atoms with E-state index in [1.54, 1.807) is 6.08 Å². The normalized spacial score (nSPS) is 17.4. The predicted octanol–water partition coefficient (Wildman–Crippen LogP) is 3.09. The van der Waals surface area contributed by atoms with Gasteiger partial charge in [-0.1, -0.05) is 6.08 Å². The number of rotatable bonds is 6. The number of hydrogen-bond acceptors (Lipinski definition) is 7. The number of H-pyrrole nitrogens is 1. The molecule has 0 unspecified atom stereocenters. The minimum atomic E-state index is 0.0787. The fourth-order valence-corrected chi connectivity index (χ4v) is 5.32. The number of benzene rings is 1. The van der Waals surface area contributed by atoms with Crippen molar-refractivity contribution < 1.29 is 9.53 Å². The maximum atomic E-state index is 12.6. The number of likely N-dealkylation sites (N-methyl/N-ethyl adjacent to an activating group) is 1. The molecule has 38 heavy (non-hydrogen) atoms. The Bertz CT molecular complexity index is 1460. The molecule has 2 fully saturated rings. The molecule has 2 saturated heterocycles. The van der Waals surface area contributed by atoms with Crippen LogP contribution in [0.3, 0.4) is 0 Å². The van der Waals surface area contributed by atoms with Crippen molar-refractivity contribution in [2.45, 2.75) is 18.9 Å². The number of likely N-dealkylation sites (tertiary alicyclic amines) is 1. The summed E-state index contributed by atoms with van der Waals surface area (Å²) < 4.78 is 7.66. The molecule has 2 aliphatic heterocycles. The summed E-state index contributed by atoms with van der Waals surface area (Å²) in [7, 11) is 3.99. The molecule has 6 rings (SSSR count). The smallest absolute Gasteiger partial charge is 0.246 e. The van der Waals surface area contributed by atoms with E-state index in [2.05, 4.69) is 38.8 Å². The van der Waals surface area contributed by atoms with Gasteiger partial charge in [0.15, 0.2) is 11.5 Å². The number of aromatic nitrogens is 5. The van der Waals surface area contributed by atoms with Crippen LogP contribution in [0, 0.1) is 0 Å². The highest BCUT2D eigenvalue weighted by atomic mass is 16.5. The first-order valence-electron chi connectivity index (χ1n) is 13.3. The highest BCUT2D eigenvalue weighted by molar-refractivity contribution is 5.90. The lowest BCUT2D eigenvalue weighted by molar-refractivity contribution is -0.127. The zero-order chi connectivity index (χ0) is 26.1. The number of carbonyl (C=O) groups is 1. The molecule has 3 aromatic heterocycles. The Morgan fingerprint density at radius 3 is 2.74 bits per heavy atom. The highest BCUT2D eigenvalue weighted by Crippen LogP contribution is 2.32. The van der Waals surface area contributed by atoms with Gasteiger partial charge in [-0.15, -0.1) is 0 Å². The second-order valence-corrected chi connectivity index (χ2v) is 10.3. The molecule has 0 saturated carbocycles. The van der Waals surface area contributed by atoms with E-state index in [9.17, 15) is 4.79 Å². The van der Waals surface area contributed by atoms with Crippen molar-refractivity contribution in [1.29, 1.82) is 0 Å². The number of nitrogens with zero attached hydrogens (tertiary/aromatic N) is 7. The highest BCUT2D eigenvalue weighted by Gasteiger charge is 2.27. The van der Waals surface area contributed by atoms with E-state index in [4.69, 9.17) is 19.8 Å². The standard InChI is InChI=1S/C28H34N8O2/c1-33(2)11-3-4-25(37)34-12-8-22(9-13-34)36-28-23(19-30-36)27(35-14-16-38-17-15-35)31-26(32-28)21-5-6-24-20(18-21)7-10-29-24/h3-7,10,18-19,22,29H,8-9,11-17H2,1-2H3. The molecule has 4 aromatic rings. The van der Waals surface area contributed by atoms with Crippen molar-refractivity contribution in [3.8, 4) is 11.4 Å². The lowest BCUT2D eigenvalue weighted by Gasteiger charge is -2.32. The van der Waals surface area contributed by atoms with Crippen LogP contribution in [0.5, 0.6) is 0 Å². The molecule has 198 valence electrons. The van der Waals surface area contributed by atoms with E-state index in [1.807, 2.05) is 42.4 Å². The van der Waals surface area contributed by atoms with Crippen molar-refractivity contribution in [3.63, 3.8) is 0 Å². The fourth-order valence-electron chi connectivity index (χ4n) is 5.32. The Kier molecular flexibility index (Phi) is 6.82. The monoisotopic (exact) mass is 514 g/mol. The van der Waals surface area contributed by atoms with E-state index in [-0.39, 0.29) is 11.9 Å². The zero-order valence-corrected chi connectivity index (χ0v) is 22.0. The summed E-state index contributed by atoms with van der Waals surface area (Å²) in [6.07, 6.45) is 9.14. The second kappa shape index (κ2) is 10.5. The molecular weight excluding hydrogens is 480 g/mol. The number of carbonyl (C=O) groups excluding carboxylic acids is 1. The molecule has 1 aromatic carbocycles. The first-order valence-corrected chi connectivity index (χ1v) is 13.3. The molecule has 1 amide bonds. The second-order valence-electron chi connectivity index (χ2n) is 10.3. The fraction of sp³-hybridized carbons (Fsp3) is 0.429. The van der Waals surface area contributed by atoms with E-state index >= 15 is 0 Å². The molecule has 10 heteroatoms. The van der Waals surface area contributed by atoms with Crippen LogP contribution in [0.4, 0.5) is 5.82 Å². The summed E-state index contributed by atoms with van der Waals surface area (Å²) in [6, 6.07) is 8.51. The number of ether oxygens (including phenoxy) is 1. The first kappa shape index (κ1) is 24.6. The first-order chi connectivity index (χ1) is 18.6. The van der Waals surface area contributed by atoms with Crippen LogP contribution in [-0.2, 0) is 9.53 Å². The Labute approximate surface area is 221 Å². The van der Waals surface area contributed by atoms with Crippen LogP contribution < -0.4 is 4.90 Å². The van der Waals surface area contributed by atoms with Crippen molar-refractivity contribution in [2.75, 3.05) is 64.9 Å². The van der Waals surface area contributed by atoms with Crippen molar-refractivity contribution in [2.24, 2.45) is 0 Å². The Morgan fingerprint density at radius 2 is 1.95 bits per heavy atom. The molecule has 0 atom stereocenters. The van der Waals surface area contributed by atoms with Gasteiger partial charge in [0.2, 0.25) is 5.91 Å². The molecule has 0 aliphatic carbocycles. The van der Waals surface area contributed by atoms with Crippen LogP contribution in [0.15, 0.2) is 48.8 Å². The SMILES string of the molecule is CN(C)CC=CC(=O)N1CCC(n2ncc3c(N4CCOCC4)nc(-c4ccc5[nH]ccc5c4)nc32)CC1. The third-order valence-corrected chi connectivity index (χ3v) is 7.41. The van der Waals surface area contributed by atoms with Crippen LogP contribution in [-0.4, -0.2) is 100 Å². The zero-order valence-electron chi connectivity index (χ0n) is 22.0. The summed E-state index contributed by atoms with van der Waals surface area (Å²) in [4.78, 5) is 32.3. The number of nitrogens with one attached hydrogen (secondary N) is 1. The number of amides is 1. The van der Waals surface area contributed by atoms with Gasteiger partial charge in [-0.05, 0) is 51.2 Å². The third-order valence-electron chi connectivity index (χ3n) is 7.41. The van der Waals surface area contributed by atoms with Crippen molar-refractivity contribution in [3.05, 3.63) is 48.8 Å². The molecule has 0 spiro atoms.